The maximum atomic E-state index is 10.9. The molecule has 0 aromatic carbocycles. The van der Waals surface area contributed by atoms with E-state index in [1.54, 1.807) is 4.72 Å². The summed E-state index contributed by atoms with van der Waals surface area (Å²) in [5.41, 5.74) is 0. The summed E-state index contributed by atoms with van der Waals surface area (Å²) in [5.74, 6) is -3.10. The van der Waals surface area contributed by atoms with Crippen LogP contribution in [0.2, 0.25) is 0 Å². The predicted octanol–water partition coefficient (Wildman–Crippen LogP) is -1.45. The summed E-state index contributed by atoms with van der Waals surface area (Å²) in [6.07, 6.45) is 0. The molecule has 0 aliphatic carbocycles. The number of hydrogen-bond acceptors (Lipinski definition) is 5. The fourth-order valence-corrected chi connectivity index (χ4v) is 1.42. The Kier molecular flexibility index (Phi) is 5.10. The second-order valence-corrected chi connectivity index (χ2v) is 4.09. The molecule has 0 radical (unpaired) electrons. The highest BCUT2D eigenvalue weighted by molar-refractivity contribution is 7.90. The van der Waals surface area contributed by atoms with Crippen molar-refractivity contribution in [2.75, 3.05) is 18.9 Å². The van der Waals surface area contributed by atoms with Gasteiger partial charge in [-0.3, -0.25) is 9.59 Å². The van der Waals surface area contributed by atoms with Crippen molar-refractivity contribution in [2.45, 2.75) is 6.92 Å². The molecule has 0 unspecified atom stereocenters. The lowest BCUT2D eigenvalue weighted by molar-refractivity contribution is -0.140. The van der Waals surface area contributed by atoms with E-state index in [0.717, 1.165) is 0 Å². The number of hydrogen-bond donors (Lipinski definition) is 2. The van der Waals surface area contributed by atoms with Crippen molar-refractivity contribution in [3.05, 3.63) is 0 Å². The molecule has 0 amide bonds. The molecular formula is C6H11NO6S. The lowest BCUT2D eigenvalue weighted by Crippen LogP contribution is -2.34. The van der Waals surface area contributed by atoms with Crippen LogP contribution in [0.15, 0.2) is 0 Å². The molecule has 0 aromatic rings. The van der Waals surface area contributed by atoms with Gasteiger partial charge in [-0.2, -0.15) is 0 Å². The molecule has 0 saturated heterocycles. The summed E-state index contributed by atoms with van der Waals surface area (Å²) >= 11 is 0. The van der Waals surface area contributed by atoms with Crippen LogP contribution in [0, 0.1) is 0 Å². The van der Waals surface area contributed by atoms with Crippen molar-refractivity contribution in [1.82, 2.24) is 4.72 Å². The summed E-state index contributed by atoms with van der Waals surface area (Å²) < 4.78 is 28.0. The summed E-state index contributed by atoms with van der Waals surface area (Å²) in [5, 5.41) is 8.17. The maximum absolute atomic E-state index is 10.9. The molecule has 8 heteroatoms. The zero-order valence-corrected chi connectivity index (χ0v) is 8.33. The molecule has 0 atom stereocenters. The molecule has 0 aromatic heterocycles. The van der Waals surface area contributed by atoms with E-state index in [4.69, 9.17) is 5.11 Å². The molecule has 14 heavy (non-hydrogen) atoms. The first-order valence-corrected chi connectivity index (χ1v) is 5.37. The van der Waals surface area contributed by atoms with E-state index >= 15 is 0 Å². The van der Waals surface area contributed by atoms with Gasteiger partial charge in [-0.15, -0.1) is 0 Å². The highest BCUT2D eigenvalue weighted by Gasteiger charge is 2.17. The topological polar surface area (TPSA) is 110 Å². The van der Waals surface area contributed by atoms with Crippen LogP contribution in [-0.4, -0.2) is 44.4 Å². The fraction of sp³-hybridized carbons (Fsp3) is 0.667. The monoisotopic (exact) mass is 225 g/mol. The van der Waals surface area contributed by atoms with Crippen molar-refractivity contribution in [3.8, 4) is 0 Å². The summed E-state index contributed by atoms with van der Waals surface area (Å²) in [4.78, 5) is 20.7. The van der Waals surface area contributed by atoms with Crippen LogP contribution >= 0.6 is 0 Å². The van der Waals surface area contributed by atoms with Gasteiger partial charge in [0.2, 0.25) is 10.0 Å². The zero-order chi connectivity index (χ0) is 11.2. The van der Waals surface area contributed by atoms with Gasteiger partial charge in [-0.25, -0.2) is 13.1 Å². The van der Waals surface area contributed by atoms with E-state index in [-0.39, 0.29) is 6.61 Å². The summed E-state index contributed by atoms with van der Waals surface area (Å²) in [6, 6.07) is 0. The molecule has 0 bridgehead atoms. The van der Waals surface area contributed by atoms with Crippen LogP contribution in [0.4, 0.5) is 0 Å². The predicted molar refractivity (Wildman–Crippen MR) is 46.1 cm³/mol. The molecule has 2 N–H and O–H groups in total. The second kappa shape index (κ2) is 5.55. The SMILES string of the molecule is CCOC(=O)CS(=O)(=O)NCC(=O)O. The number of aliphatic carboxylic acids is 1. The van der Waals surface area contributed by atoms with Gasteiger partial charge in [-0.05, 0) is 6.92 Å². The van der Waals surface area contributed by atoms with E-state index in [1.807, 2.05) is 0 Å². The smallest absolute Gasteiger partial charge is 0.322 e. The van der Waals surface area contributed by atoms with E-state index < -0.39 is 34.3 Å². The van der Waals surface area contributed by atoms with Gasteiger partial charge >= 0.3 is 11.9 Å². The minimum absolute atomic E-state index is 0.0767. The molecule has 0 fully saturated rings. The quantitative estimate of drug-likeness (QED) is 0.535. The summed E-state index contributed by atoms with van der Waals surface area (Å²) in [6.45, 7) is 0.865. The van der Waals surface area contributed by atoms with Crippen LogP contribution in [-0.2, 0) is 24.3 Å². The number of sulfonamides is 1. The third-order valence-corrected chi connectivity index (χ3v) is 2.26. The number of nitrogens with one attached hydrogen (secondary N) is 1. The normalized spacial score (nSPS) is 10.9. The number of carbonyl (C=O) groups is 2. The highest BCUT2D eigenvalue weighted by atomic mass is 32.2. The van der Waals surface area contributed by atoms with E-state index in [9.17, 15) is 18.0 Å². The molecule has 0 aliphatic heterocycles. The van der Waals surface area contributed by atoms with Crippen molar-refractivity contribution < 1.29 is 27.9 Å². The number of rotatable bonds is 6. The lowest BCUT2D eigenvalue weighted by Gasteiger charge is -2.03. The number of carbonyl (C=O) groups excluding carboxylic acids is 1. The van der Waals surface area contributed by atoms with Crippen molar-refractivity contribution in [2.24, 2.45) is 0 Å². The number of ether oxygens (including phenoxy) is 1. The van der Waals surface area contributed by atoms with E-state index in [1.165, 1.54) is 6.92 Å². The standard InChI is InChI=1S/C6H11NO6S/c1-2-13-6(10)4-14(11,12)7-3-5(8)9/h7H,2-4H2,1H3,(H,8,9). The van der Waals surface area contributed by atoms with Gasteiger partial charge in [0.05, 0.1) is 6.61 Å². The first kappa shape index (κ1) is 12.8. The van der Waals surface area contributed by atoms with Crippen LogP contribution < -0.4 is 4.72 Å². The second-order valence-electron chi connectivity index (χ2n) is 2.28. The molecule has 7 nitrogen and oxygen atoms in total. The number of carboxylic acids is 1. The Hall–Kier alpha value is -1.15. The van der Waals surface area contributed by atoms with Crippen molar-refractivity contribution in [1.29, 1.82) is 0 Å². The van der Waals surface area contributed by atoms with Gasteiger partial charge in [0.25, 0.3) is 0 Å². The van der Waals surface area contributed by atoms with E-state index in [2.05, 4.69) is 4.74 Å². The van der Waals surface area contributed by atoms with Crippen molar-refractivity contribution in [3.63, 3.8) is 0 Å². The van der Waals surface area contributed by atoms with Crippen LogP contribution in [0.25, 0.3) is 0 Å². The average Bonchev–Trinajstić information content (AvgIpc) is 2.00. The first-order valence-electron chi connectivity index (χ1n) is 3.72. The Morgan fingerprint density at radius 2 is 2.00 bits per heavy atom. The highest BCUT2D eigenvalue weighted by Crippen LogP contribution is 1.87. The van der Waals surface area contributed by atoms with Crippen LogP contribution in [0.3, 0.4) is 0 Å². The largest absolute Gasteiger partial charge is 0.480 e. The van der Waals surface area contributed by atoms with Gasteiger partial charge in [0.15, 0.2) is 5.75 Å². The third kappa shape index (κ3) is 6.38. The Bertz CT molecular complexity index is 308. The summed E-state index contributed by atoms with van der Waals surface area (Å²) in [7, 11) is -3.90. The minimum atomic E-state index is -3.90. The molecule has 0 saturated carbocycles. The Morgan fingerprint density at radius 1 is 1.43 bits per heavy atom. The van der Waals surface area contributed by atoms with Crippen molar-refractivity contribution >= 4 is 22.0 Å². The fourth-order valence-electron chi connectivity index (χ4n) is 0.581. The van der Waals surface area contributed by atoms with Crippen LogP contribution in [0.1, 0.15) is 6.92 Å². The van der Waals surface area contributed by atoms with Gasteiger partial charge < -0.3 is 9.84 Å². The molecule has 0 spiro atoms. The number of carboxylic acid groups (broad SMARTS) is 1. The maximum Gasteiger partial charge on any atom is 0.322 e. The van der Waals surface area contributed by atoms with Gasteiger partial charge in [0.1, 0.15) is 6.54 Å². The molecular weight excluding hydrogens is 214 g/mol. The molecule has 82 valence electrons. The van der Waals surface area contributed by atoms with Crippen LogP contribution in [0.5, 0.6) is 0 Å². The molecule has 0 heterocycles. The third-order valence-electron chi connectivity index (χ3n) is 1.06. The van der Waals surface area contributed by atoms with Gasteiger partial charge in [-0.1, -0.05) is 0 Å². The average molecular weight is 225 g/mol. The van der Waals surface area contributed by atoms with Gasteiger partial charge in [0, 0.05) is 0 Å². The lowest BCUT2D eigenvalue weighted by atomic mass is 10.7. The Morgan fingerprint density at radius 3 is 2.43 bits per heavy atom. The Balaban J connectivity index is 4.08. The first-order chi connectivity index (χ1) is 6.37. The van der Waals surface area contributed by atoms with E-state index in [0.29, 0.717) is 0 Å². The molecule has 0 aliphatic rings. The minimum Gasteiger partial charge on any atom is -0.480 e. The number of esters is 1. The Labute approximate surface area is 81.1 Å². The zero-order valence-electron chi connectivity index (χ0n) is 7.52. The molecule has 0 rings (SSSR count).